The molecule has 3 nitrogen and oxygen atoms in total. The molecule has 18 heavy (non-hydrogen) atoms. The van der Waals surface area contributed by atoms with Gasteiger partial charge in [-0.25, -0.2) is 4.79 Å². The van der Waals surface area contributed by atoms with Crippen molar-refractivity contribution in [1.82, 2.24) is 0 Å². The van der Waals surface area contributed by atoms with E-state index in [2.05, 4.69) is 4.74 Å². The fraction of sp³-hybridized carbons (Fsp3) is 0.250. The van der Waals surface area contributed by atoms with E-state index in [4.69, 9.17) is 0 Å². The number of hydrogen-bond donors (Lipinski definition) is 1. The predicted octanol–water partition coefficient (Wildman–Crippen LogP) is 3.17. The summed E-state index contributed by atoms with van der Waals surface area (Å²) in [6.07, 6.45) is -4.44. The van der Waals surface area contributed by atoms with Gasteiger partial charge in [-0.3, -0.25) is 0 Å². The SMILES string of the molecule is COC(=O)C(C)=C(O)c1ccc(C(F)(F)F)cc1. The van der Waals surface area contributed by atoms with Gasteiger partial charge in [0, 0.05) is 5.56 Å². The highest BCUT2D eigenvalue weighted by Crippen LogP contribution is 2.30. The lowest BCUT2D eigenvalue weighted by Crippen LogP contribution is -2.06. The predicted molar refractivity (Wildman–Crippen MR) is 58.7 cm³/mol. The monoisotopic (exact) mass is 260 g/mol. The van der Waals surface area contributed by atoms with Gasteiger partial charge in [-0.2, -0.15) is 13.2 Å². The van der Waals surface area contributed by atoms with E-state index < -0.39 is 23.5 Å². The van der Waals surface area contributed by atoms with Crippen molar-refractivity contribution in [1.29, 1.82) is 0 Å². The maximum absolute atomic E-state index is 12.3. The summed E-state index contributed by atoms with van der Waals surface area (Å²) in [5.41, 5.74) is -0.780. The number of methoxy groups -OCH3 is 1. The largest absolute Gasteiger partial charge is 0.507 e. The first kappa shape index (κ1) is 14.1. The van der Waals surface area contributed by atoms with Crippen molar-refractivity contribution >= 4 is 11.7 Å². The number of hydrogen-bond acceptors (Lipinski definition) is 3. The lowest BCUT2D eigenvalue weighted by molar-refractivity contribution is -0.138. The summed E-state index contributed by atoms with van der Waals surface area (Å²) in [6, 6.07) is 3.83. The van der Waals surface area contributed by atoms with Crippen molar-refractivity contribution < 1.29 is 27.8 Å². The summed E-state index contributed by atoms with van der Waals surface area (Å²) < 4.78 is 41.3. The molecule has 0 bridgehead atoms. The molecule has 0 spiro atoms. The van der Waals surface area contributed by atoms with E-state index in [0.717, 1.165) is 31.4 Å². The standard InChI is InChI=1S/C12H11F3O3/c1-7(11(17)18-2)10(16)8-3-5-9(6-4-8)12(13,14)15/h3-6,16H,1-2H3. The highest BCUT2D eigenvalue weighted by molar-refractivity contribution is 5.95. The number of benzene rings is 1. The van der Waals surface area contributed by atoms with Gasteiger partial charge in [0.1, 0.15) is 5.76 Å². The Hall–Kier alpha value is -1.98. The summed E-state index contributed by atoms with van der Waals surface area (Å²) in [5.74, 6) is -1.15. The van der Waals surface area contributed by atoms with Crippen molar-refractivity contribution in [2.45, 2.75) is 13.1 Å². The summed E-state index contributed by atoms with van der Waals surface area (Å²) in [4.78, 5) is 11.1. The van der Waals surface area contributed by atoms with Gasteiger partial charge in [0.2, 0.25) is 0 Å². The molecule has 1 aromatic rings. The topological polar surface area (TPSA) is 46.5 Å². The summed E-state index contributed by atoms with van der Waals surface area (Å²) >= 11 is 0. The number of carbonyl (C=O) groups excluding carboxylic acids is 1. The van der Waals surface area contributed by atoms with Crippen LogP contribution in [0.1, 0.15) is 18.1 Å². The molecule has 0 aromatic heterocycles. The van der Waals surface area contributed by atoms with Crippen LogP contribution in [0.2, 0.25) is 0 Å². The fourth-order valence-electron chi connectivity index (χ4n) is 1.28. The zero-order valence-electron chi connectivity index (χ0n) is 9.71. The Balaban J connectivity index is 3.10. The van der Waals surface area contributed by atoms with E-state index in [-0.39, 0.29) is 11.1 Å². The van der Waals surface area contributed by atoms with E-state index >= 15 is 0 Å². The fourth-order valence-corrected chi connectivity index (χ4v) is 1.28. The molecule has 0 atom stereocenters. The van der Waals surface area contributed by atoms with Crippen LogP contribution in [0.3, 0.4) is 0 Å². The molecule has 1 aromatic carbocycles. The van der Waals surface area contributed by atoms with Crippen molar-refractivity contribution in [2.24, 2.45) is 0 Å². The minimum atomic E-state index is -4.44. The van der Waals surface area contributed by atoms with Crippen LogP contribution in [0.15, 0.2) is 29.8 Å². The molecular weight excluding hydrogens is 249 g/mol. The second-order valence-corrected chi connectivity index (χ2v) is 3.54. The van der Waals surface area contributed by atoms with Crippen LogP contribution in [-0.4, -0.2) is 18.2 Å². The quantitative estimate of drug-likeness (QED) is 0.504. The highest BCUT2D eigenvalue weighted by atomic mass is 19.4. The molecule has 0 aliphatic carbocycles. The van der Waals surface area contributed by atoms with E-state index in [1.165, 1.54) is 6.92 Å². The second-order valence-electron chi connectivity index (χ2n) is 3.54. The Morgan fingerprint density at radius 1 is 1.22 bits per heavy atom. The zero-order chi connectivity index (χ0) is 13.9. The van der Waals surface area contributed by atoms with Gasteiger partial charge in [-0.15, -0.1) is 0 Å². The molecular formula is C12H11F3O3. The van der Waals surface area contributed by atoms with Crippen LogP contribution in [0.25, 0.3) is 5.76 Å². The number of aliphatic hydroxyl groups is 1. The highest BCUT2D eigenvalue weighted by Gasteiger charge is 2.30. The molecule has 98 valence electrons. The van der Waals surface area contributed by atoms with Gasteiger partial charge in [0.25, 0.3) is 0 Å². The number of halogens is 3. The van der Waals surface area contributed by atoms with Gasteiger partial charge >= 0.3 is 12.1 Å². The number of rotatable bonds is 2. The Morgan fingerprint density at radius 3 is 2.11 bits per heavy atom. The Labute approximate surface area is 101 Å². The molecule has 0 heterocycles. The molecule has 0 aliphatic heterocycles. The zero-order valence-corrected chi connectivity index (χ0v) is 9.71. The van der Waals surface area contributed by atoms with E-state index in [9.17, 15) is 23.1 Å². The van der Waals surface area contributed by atoms with Gasteiger partial charge < -0.3 is 9.84 Å². The third-order valence-corrected chi connectivity index (χ3v) is 2.33. The van der Waals surface area contributed by atoms with Crippen LogP contribution >= 0.6 is 0 Å². The Kier molecular flexibility index (Phi) is 4.00. The number of ether oxygens (including phenoxy) is 1. The lowest BCUT2D eigenvalue weighted by Gasteiger charge is -2.08. The van der Waals surface area contributed by atoms with Gasteiger partial charge in [0.15, 0.2) is 0 Å². The third-order valence-electron chi connectivity index (χ3n) is 2.33. The Bertz CT molecular complexity index is 472. The van der Waals surface area contributed by atoms with Gasteiger partial charge in [0.05, 0.1) is 18.2 Å². The van der Waals surface area contributed by atoms with Gasteiger partial charge in [-0.05, 0) is 19.1 Å². The Morgan fingerprint density at radius 2 is 1.72 bits per heavy atom. The molecule has 0 saturated heterocycles. The smallest absolute Gasteiger partial charge is 0.416 e. The van der Waals surface area contributed by atoms with Crippen molar-refractivity contribution in [3.05, 3.63) is 41.0 Å². The number of carbonyl (C=O) groups is 1. The molecule has 0 unspecified atom stereocenters. The second kappa shape index (κ2) is 5.12. The average Bonchev–Trinajstić information content (AvgIpc) is 2.35. The molecule has 0 amide bonds. The molecule has 0 saturated carbocycles. The molecule has 1 N–H and O–H groups in total. The maximum atomic E-state index is 12.3. The molecule has 0 fully saturated rings. The summed E-state index contributed by atoms with van der Waals surface area (Å²) in [6.45, 7) is 1.32. The average molecular weight is 260 g/mol. The molecule has 0 radical (unpaired) electrons. The first-order valence-electron chi connectivity index (χ1n) is 4.93. The van der Waals surface area contributed by atoms with E-state index in [1.54, 1.807) is 0 Å². The van der Waals surface area contributed by atoms with Crippen molar-refractivity contribution in [3.63, 3.8) is 0 Å². The van der Waals surface area contributed by atoms with Crippen LogP contribution in [0.4, 0.5) is 13.2 Å². The summed E-state index contributed by atoms with van der Waals surface area (Å²) in [7, 11) is 1.14. The first-order chi connectivity index (χ1) is 8.27. The van der Waals surface area contributed by atoms with Crippen LogP contribution in [0.5, 0.6) is 0 Å². The van der Waals surface area contributed by atoms with Crippen LogP contribution < -0.4 is 0 Å². The normalized spacial score (nSPS) is 12.9. The number of esters is 1. The van der Waals surface area contributed by atoms with Gasteiger partial charge in [-0.1, -0.05) is 12.1 Å². The minimum absolute atomic E-state index is 0.0720. The lowest BCUT2D eigenvalue weighted by atomic mass is 10.1. The van der Waals surface area contributed by atoms with E-state index in [0.29, 0.717) is 0 Å². The van der Waals surface area contributed by atoms with Crippen LogP contribution in [-0.2, 0) is 15.7 Å². The third kappa shape index (κ3) is 3.03. The number of alkyl halides is 3. The minimum Gasteiger partial charge on any atom is -0.507 e. The van der Waals surface area contributed by atoms with Crippen molar-refractivity contribution in [3.8, 4) is 0 Å². The number of aliphatic hydroxyl groups excluding tert-OH is 1. The summed E-state index contributed by atoms with van der Waals surface area (Å²) in [5, 5.41) is 9.68. The van der Waals surface area contributed by atoms with E-state index in [1.807, 2.05) is 0 Å². The van der Waals surface area contributed by atoms with Crippen LogP contribution in [0, 0.1) is 0 Å². The molecule has 0 aliphatic rings. The maximum Gasteiger partial charge on any atom is 0.416 e. The molecule has 1 rings (SSSR count). The first-order valence-corrected chi connectivity index (χ1v) is 4.93. The molecule has 6 heteroatoms. The van der Waals surface area contributed by atoms with Crippen molar-refractivity contribution in [2.75, 3.05) is 7.11 Å².